The van der Waals surface area contributed by atoms with Crippen molar-refractivity contribution in [2.24, 2.45) is 0 Å². The van der Waals surface area contributed by atoms with Gasteiger partial charge in [0.2, 0.25) is 5.91 Å². The van der Waals surface area contributed by atoms with E-state index in [1.807, 2.05) is 12.1 Å². The van der Waals surface area contributed by atoms with Crippen molar-refractivity contribution in [2.45, 2.75) is 19.3 Å². The van der Waals surface area contributed by atoms with Crippen LogP contribution in [0, 0.1) is 0 Å². The maximum atomic E-state index is 11.4. The average molecular weight is 215 g/mol. The molecule has 0 saturated heterocycles. The summed E-state index contributed by atoms with van der Waals surface area (Å²) in [7, 11) is 1.69. The number of amides is 1. The van der Waals surface area contributed by atoms with Crippen LogP contribution < -0.4 is 10.1 Å². The number of hydrogen-bond donors (Lipinski definition) is 1. The van der Waals surface area contributed by atoms with Crippen LogP contribution in [0.2, 0.25) is 0 Å². The van der Waals surface area contributed by atoms with E-state index in [2.05, 4.69) is 11.4 Å². The first-order chi connectivity index (χ1) is 7.79. The zero-order valence-corrected chi connectivity index (χ0v) is 9.17. The number of methoxy groups -OCH3 is 1. The van der Waals surface area contributed by atoms with Gasteiger partial charge in [-0.05, 0) is 30.0 Å². The molecule has 0 saturated carbocycles. The first-order valence-corrected chi connectivity index (χ1v) is 5.47. The molecule has 0 bridgehead atoms. The van der Waals surface area contributed by atoms with E-state index in [1.54, 1.807) is 7.11 Å². The van der Waals surface area contributed by atoms with Gasteiger partial charge >= 0.3 is 0 Å². The summed E-state index contributed by atoms with van der Waals surface area (Å²) in [5, 5.41) is 2.93. The largest absolute Gasteiger partial charge is 0.496 e. The van der Waals surface area contributed by atoms with Crippen molar-refractivity contribution in [2.75, 3.05) is 7.11 Å². The van der Waals surface area contributed by atoms with E-state index >= 15 is 0 Å². The van der Waals surface area contributed by atoms with Crippen LogP contribution >= 0.6 is 0 Å². The number of allylic oxidation sites excluding steroid dienone is 1. The van der Waals surface area contributed by atoms with Crippen molar-refractivity contribution in [1.29, 1.82) is 0 Å². The Kier molecular flexibility index (Phi) is 1.99. The van der Waals surface area contributed by atoms with Crippen LogP contribution in [0.5, 0.6) is 5.75 Å². The number of carbonyl (C=O) groups excluding carboxylic acids is 1. The lowest BCUT2D eigenvalue weighted by Gasteiger charge is -2.20. The standard InChI is InChI=1S/C13H13NO2/c1-16-12-4-2-3-8-9(12)5-6-11-10(8)7-13(15)14-11/h2-4H,5-7H2,1H3,(H,14,15). The first kappa shape index (κ1) is 9.46. The molecule has 0 aromatic heterocycles. The molecule has 2 aliphatic rings. The van der Waals surface area contributed by atoms with Crippen LogP contribution in [0.4, 0.5) is 0 Å². The topological polar surface area (TPSA) is 38.3 Å². The van der Waals surface area contributed by atoms with Crippen molar-refractivity contribution >= 4 is 11.5 Å². The molecule has 0 radical (unpaired) electrons. The van der Waals surface area contributed by atoms with Crippen molar-refractivity contribution in [1.82, 2.24) is 5.32 Å². The zero-order chi connectivity index (χ0) is 11.1. The van der Waals surface area contributed by atoms with E-state index in [0.29, 0.717) is 6.42 Å². The van der Waals surface area contributed by atoms with Gasteiger partial charge in [0.15, 0.2) is 0 Å². The van der Waals surface area contributed by atoms with Crippen molar-refractivity contribution in [3.63, 3.8) is 0 Å². The summed E-state index contributed by atoms with van der Waals surface area (Å²) >= 11 is 0. The van der Waals surface area contributed by atoms with Gasteiger partial charge in [0.05, 0.1) is 13.5 Å². The number of nitrogens with one attached hydrogen (secondary N) is 1. The Labute approximate surface area is 94.1 Å². The van der Waals surface area contributed by atoms with Crippen LogP contribution in [0.3, 0.4) is 0 Å². The van der Waals surface area contributed by atoms with Crippen LogP contribution in [-0.2, 0) is 11.2 Å². The predicted octanol–water partition coefficient (Wildman–Crippen LogP) is 1.87. The van der Waals surface area contributed by atoms with Crippen LogP contribution in [0.15, 0.2) is 23.9 Å². The van der Waals surface area contributed by atoms with E-state index in [4.69, 9.17) is 4.74 Å². The quantitative estimate of drug-likeness (QED) is 0.776. The van der Waals surface area contributed by atoms with E-state index in [1.165, 1.54) is 11.1 Å². The summed E-state index contributed by atoms with van der Waals surface area (Å²) < 4.78 is 5.36. The summed E-state index contributed by atoms with van der Waals surface area (Å²) in [5.41, 5.74) is 4.68. The molecule has 1 N–H and O–H groups in total. The molecule has 1 amide bonds. The minimum Gasteiger partial charge on any atom is -0.496 e. The number of fused-ring (bicyclic) bond motifs is 2. The van der Waals surface area contributed by atoms with E-state index in [9.17, 15) is 4.79 Å². The minimum absolute atomic E-state index is 0.112. The van der Waals surface area contributed by atoms with Crippen LogP contribution in [0.25, 0.3) is 5.57 Å². The van der Waals surface area contributed by atoms with Gasteiger partial charge in [0.1, 0.15) is 5.75 Å². The fraction of sp³-hybridized carbons (Fsp3) is 0.308. The second-order valence-corrected chi connectivity index (χ2v) is 4.17. The average Bonchev–Trinajstić information content (AvgIpc) is 2.69. The molecule has 82 valence electrons. The molecular weight excluding hydrogens is 202 g/mol. The van der Waals surface area contributed by atoms with Gasteiger partial charge in [0.25, 0.3) is 0 Å². The normalized spacial score (nSPS) is 17.9. The Bertz CT molecular complexity index is 503. The summed E-state index contributed by atoms with van der Waals surface area (Å²) in [6, 6.07) is 6.04. The summed E-state index contributed by atoms with van der Waals surface area (Å²) in [4.78, 5) is 11.4. The molecule has 1 aromatic rings. The first-order valence-electron chi connectivity index (χ1n) is 5.47. The Morgan fingerprint density at radius 2 is 2.19 bits per heavy atom. The van der Waals surface area contributed by atoms with E-state index in [-0.39, 0.29) is 5.91 Å². The predicted molar refractivity (Wildman–Crippen MR) is 61.0 cm³/mol. The lowest BCUT2D eigenvalue weighted by Crippen LogP contribution is -2.16. The lowest BCUT2D eigenvalue weighted by molar-refractivity contribution is -0.118. The molecular formula is C13H13NO2. The summed E-state index contributed by atoms with van der Waals surface area (Å²) in [6.45, 7) is 0. The molecule has 0 spiro atoms. The van der Waals surface area contributed by atoms with Gasteiger partial charge in [-0.15, -0.1) is 0 Å². The van der Waals surface area contributed by atoms with Gasteiger partial charge < -0.3 is 10.1 Å². The van der Waals surface area contributed by atoms with Gasteiger partial charge in [-0.1, -0.05) is 12.1 Å². The maximum absolute atomic E-state index is 11.4. The molecule has 1 aromatic carbocycles. The Hall–Kier alpha value is -1.77. The third kappa shape index (κ3) is 1.24. The molecule has 3 rings (SSSR count). The molecule has 3 heteroatoms. The van der Waals surface area contributed by atoms with Gasteiger partial charge in [-0.2, -0.15) is 0 Å². The summed E-state index contributed by atoms with van der Waals surface area (Å²) in [6.07, 6.45) is 2.36. The zero-order valence-electron chi connectivity index (χ0n) is 9.17. The molecule has 1 aliphatic heterocycles. The number of benzene rings is 1. The van der Waals surface area contributed by atoms with Gasteiger partial charge in [-0.25, -0.2) is 0 Å². The Morgan fingerprint density at radius 3 is 3.00 bits per heavy atom. The highest BCUT2D eigenvalue weighted by molar-refractivity contribution is 5.98. The fourth-order valence-corrected chi connectivity index (χ4v) is 2.57. The van der Waals surface area contributed by atoms with Crippen LogP contribution in [0.1, 0.15) is 24.0 Å². The Balaban J connectivity index is 2.15. The third-order valence-corrected chi connectivity index (χ3v) is 3.29. The van der Waals surface area contributed by atoms with Crippen molar-refractivity contribution < 1.29 is 9.53 Å². The number of rotatable bonds is 1. The molecule has 0 atom stereocenters. The summed E-state index contributed by atoms with van der Waals surface area (Å²) in [5.74, 6) is 1.05. The molecule has 1 heterocycles. The van der Waals surface area contributed by atoms with E-state index in [0.717, 1.165) is 29.9 Å². The highest BCUT2D eigenvalue weighted by Gasteiger charge is 2.28. The molecule has 16 heavy (non-hydrogen) atoms. The molecule has 0 unspecified atom stereocenters. The second kappa shape index (κ2) is 3.37. The van der Waals surface area contributed by atoms with Crippen LogP contribution in [-0.4, -0.2) is 13.0 Å². The van der Waals surface area contributed by atoms with Gasteiger partial charge in [0, 0.05) is 11.3 Å². The number of carbonyl (C=O) groups is 1. The number of ether oxygens (including phenoxy) is 1. The maximum Gasteiger partial charge on any atom is 0.228 e. The molecule has 0 fully saturated rings. The third-order valence-electron chi connectivity index (χ3n) is 3.29. The lowest BCUT2D eigenvalue weighted by atomic mass is 9.88. The SMILES string of the molecule is COc1cccc2c1CCC1=C2CC(=O)N1. The van der Waals surface area contributed by atoms with Crippen molar-refractivity contribution in [3.05, 3.63) is 35.0 Å². The van der Waals surface area contributed by atoms with Crippen molar-refractivity contribution in [3.8, 4) is 5.75 Å². The smallest absolute Gasteiger partial charge is 0.228 e. The Morgan fingerprint density at radius 1 is 1.31 bits per heavy atom. The monoisotopic (exact) mass is 215 g/mol. The fourth-order valence-electron chi connectivity index (χ4n) is 2.57. The number of hydrogen-bond acceptors (Lipinski definition) is 2. The minimum atomic E-state index is 0.112. The molecule has 3 nitrogen and oxygen atoms in total. The molecule has 1 aliphatic carbocycles. The van der Waals surface area contributed by atoms with Gasteiger partial charge in [-0.3, -0.25) is 4.79 Å². The highest BCUT2D eigenvalue weighted by Crippen LogP contribution is 2.39. The van der Waals surface area contributed by atoms with E-state index < -0.39 is 0 Å². The second-order valence-electron chi connectivity index (χ2n) is 4.17. The highest BCUT2D eigenvalue weighted by atomic mass is 16.5.